The molecule has 1 heterocycles. The van der Waals surface area contributed by atoms with E-state index < -0.39 is 0 Å². The summed E-state index contributed by atoms with van der Waals surface area (Å²) in [6, 6.07) is 11.2. The number of hydrogen-bond donors (Lipinski definition) is 1. The summed E-state index contributed by atoms with van der Waals surface area (Å²) in [6.07, 6.45) is 3.41. The summed E-state index contributed by atoms with van der Waals surface area (Å²) in [4.78, 5) is 12.3. The Labute approximate surface area is 102 Å². The van der Waals surface area contributed by atoms with Crippen LogP contribution in [0.25, 0.3) is 0 Å². The van der Waals surface area contributed by atoms with Crippen LogP contribution in [0, 0.1) is 5.92 Å². The first-order chi connectivity index (χ1) is 7.83. The molecule has 2 aliphatic rings. The summed E-state index contributed by atoms with van der Waals surface area (Å²) in [5, 5.41) is 3.16. The molecule has 2 nitrogen and oxygen atoms in total. The van der Waals surface area contributed by atoms with Crippen molar-refractivity contribution in [3.63, 3.8) is 0 Å². The van der Waals surface area contributed by atoms with E-state index >= 15 is 0 Å². The maximum atomic E-state index is 11.5. The van der Waals surface area contributed by atoms with Crippen LogP contribution in [0.2, 0.25) is 4.82 Å². The van der Waals surface area contributed by atoms with E-state index in [0.29, 0.717) is 37.6 Å². The second-order valence-corrected chi connectivity index (χ2v) is 7.35. The third kappa shape index (κ3) is 1.90. The molecule has 16 heavy (non-hydrogen) atoms. The molecule has 3 heteroatoms. The van der Waals surface area contributed by atoms with Crippen molar-refractivity contribution < 1.29 is 4.79 Å². The minimum absolute atomic E-state index is 0.302. The summed E-state index contributed by atoms with van der Waals surface area (Å²) in [5.41, 5.74) is 0. The van der Waals surface area contributed by atoms with Crippen molar-refractivity contribution in [2.45, 2.75) is 30.1 Å². The molecular formula is C13H15NOSe. The van der Waals surface area contributed by atoms with Crippen LogP contribution in [-0.2, 0) is 4.79 Å². The summed E-state index contributed by atoms with van der Waals surface area (Å²) >= 11 is 0.508. The molecule has 1 saturated carbocycles. The number of nitrogens with one attached hydrogen (secondary N) is 1. The van der Waals surface area contributed by atoms with Crippen LogP contribution < -0.4 is 9.78 Å². The first-order valence-corrected chi connectivity index (χ1v) is 7.69. The molecule has 0 aromatic heterocycles. The molecule has 1 saturated heterocycles. The van der Waals surface area contributed by atoms with E-state index in [0.717, 1.165) is 12.8 Å². The molecule has 0 radical (unpaired) electrons. The molecule has 0 spiro atoms. The third-order valence-corrected chi connectivity index (χ3v) is 6.48. The van der Waals surface area contributed by atoms with Gasteiger partial charge in [-0.3, -0.25) is 0 Å². The van der Waals surface area contributed by atoms with Gasteiger partial charge in [-0.05, 0) is 0 Å². The summed E-state index contributed by atoms with van der Waals surface area (Å²) in [5.74, 6) is 0.629. The molecular weight excluding hydrogens is 265 g/mol. The predicted octanol–water partition coefficient (Wildman–Crippen LogP) is 1.10. The monoisotopic (exact) mass is 281 g/mol. The average Bonchev–Trinajstić information content (AvgIpc) is 2.61. The fourth-order valence-electron chi connectivity index (χ4n) is 2.65. The molecule has 2 fully saturated rings. The van der Waals surface area contributed by atoms with Crippen molar-refractivity contribution >= 4 is 25.3 Å². The Morgan fingerprint density at radius 1 is 1.19 bits per heavy atom. The van der Waals surface area contributed by atoms with Gasteiger partial charge in [-0.1, -0.05) is 0 Å². The van der Waals surface area contributed by atoms with Gasteiger partial charge in [0.15, 0.2) is 0 Å². The van der Waals surface area contributed by atoms with Crippen LogP contribution in [0.5, 0.6) is 0 Å². The van der Waals surface area contributed by atoms with Crippen LogP contribution in [0.1, 0.15) is 19.3 Å². The van der Waals surface area contributed by atoms with E-state index in [2.05, 4.69) is 35.6 Å². The van der Waals surface area contributed by atoms with Crippen LogP contribution in [0.3, 0.4) is 0 Å². The molecule has 1 amide bonds. The molecule has 1 aliphatic heterocycles. The summed E-state index contributed by atoms with van der Waals surface area (Å²) in [7, 11) is 0. The van der Waals surface area contributed by atoms with Gasteiger partial charge in [0.25, 0.3) is 0 Å². The van der Waals surface area contributed by atoms with Crippen molar-refractivity contribution in [2.24, 2.45) is 5.92 Å². The Hall–Kier alpha value is -0.791. The number of rotatable bonds is 2. The Morgan fingerprint density at radius 2 is 2.00 bits per heavy atom. The van der Waals surface area contributed by atoms with Crippen LogP contribution in [0.15, 0.2) is 30.3 Å². The van der Waals surface area contributed by atoms with Crippen molar-refractivity contribution in [3.05, 3.63) is 30.3 Å². The molecule has 2 bridgehead atoms. The van der Waals surface area contributed by atoms with E-state index in [1.165, 1.54) is 10.9 Å². The van der Waals surface area contributed by atoms with Gasteiger partial charge >= 0.3 is 102 Å². The van der Waals surface area contributed by atoms with Gasteiger partial charge in [0.1, 0.15) is 0 Å². The topological polar surface area (TPSA) is 29.1 Å². The molecule has 84 valence electrons. The second-order valence-electron chi connectivity index (χ2n) is 4.59. The van der Waals surface area contributed by atoms with Crippen LogP contribution >= 0.6 is 0 Å². The van der Waals surface area contributed by atoms with Gasteiger partial charge in [-0.15, -0.1) is 0 Å². The van der Waals surface area contributed by atoms with Crippen LogP contribution in [-0.4, -0.2) is 26.9 Å². The molecule has 1 aromatic carbocycles. The van der Waals surface area contributed by atoms with E-state index in [-0.39, 0.29) is 0 Å². The number of fused-ring (bicyclic) bond motifs is 2. The van der Waals surface area contributed by atoms with Crippen molar-refractivity contribution in [1.82, 2.24) is 5.32 Å². The minimum atomic E-state index is 0.302. The molecule has 3 rings (SSSR count). The van der Waals surface area contributed by atoms with E-state index in [9.17, 15) is 4.79 Å². The van der Waals surface area contributed by atoms with Gasteiger partial charge < -0.3 is 0 Å². The van der Waals surface area contributed by atoms with Gasteiger partial charge in [0.05, 0.1) is 0 Å². The van der Waals surface area contributed by atoms with Gasteiger partial charge in [0, 0.05) is 0 Å². The van der Waals surface area contributed by atoms with Crippen molar-refractivity contribution in [1.29, 1.82) is 0 Å². The zero-order chi connectivity index (χ0) is 11.0. The number of carbonyl (C=O) groups is 1. The number of benzene rings is 1. The summed E-state index contributed by atoms with van der Waals surface area (Å²) < 4.78 is 1.46. The normalized spacial score (nSPS) is 32.5. The Bertz CT molecular complexity index is 392. The number of amides is 1. The second kappa shape index (κ2) is 4.23. The zero-order valence-electron chi connectivity index (χ0n) is 9.06. The Morgan fingerprint density at radius 3 is 2.81 bits per heavy atom. The Balaban J connectivity index is 1.70. The number of hydrogen-bond acceptors (Lipinski definition) is 1. The fraction of sp³-hybridized carbons (Fsp3) is 0.462. The third-order valence-electron chi connectivity index (χ3n) is 3.52. The molecule has 1 N–H and O–H groups in total. The summed E-state index contributed by atoms with van der Waals surface area (Å²) in [6.45, 7) is 0. The van der Waals surface area contributed by atoms with Gasteiger partial charge in [-0.25, -0.2) is 0 Å². The quantitative estimate of drug-likeness (QED) is 0.808. The average molecular weight is 280 g/mol. The SMILES string of the molecule is O=C1N[C@H]2C[C@@H]1CCC2[Se]c1ccccc1. The Kier molecular flexibility index (Phi) is 2.74. The first kappa shape index (κ1) is 10.4. The van der Waals surface area contributed by atoms with E-state index in [1.807, 2.05) is 0 Å². The standard InChI is InChI=1S/C13H15NOSe/c15-13-9-6-7-12(11(8-9)14-13)16-10-4-2-1-3-5-10/h1-5,9,11-12H,6-8H2,(H,14,15)/t9-,11-,12?/m0/s1. The van der Waals surface area contributed by atoms with Gasteiger partial charge in [0.2, 0.25) is 0 Å². The zero-order valence-corrected chi connectivity index (χ0v) is 10.8. The van der Waals surface area contributed by atoms with Crippen LogP contribution in [0.4, 0.5) is 0 Å². The number of carbonyl (C=O) groups excluding carboxylic acids is 1. The van der Waals surface area contributed by atoms with Crippen molar-refractivity contribution in [2.75, 3.05) is 0 Å². The maximum absolute atomic E-state index is 11.5. The first-order valence-electron chi connectivity index (χ1n) is 5.85. The van der Waals surface area contributed by atoms with E-state index in [4.69, 9.17) is 0 Å². The predicted molar refractivity (Wildman–Crippen MR) is 64.9 cm³/mol. The molecule has 1 aliphatic carbocycles. The van der Waals surface area contributed by atoms with Crippen molar-refractivity contribution in [3.8, 4) is 0 Å². The molecule has 1 unspecified atom stereocenters. The molecule has 1 aromatic rings. The van der Waals surface area contributed by atoms with Gasteiger partial charge in [-0.2, -0.15) is 0 Å². The molecule has 3 atom stereocenters. The fourth-order valence-corrected chi connectivity index (χ4v) is 5.29. The van der Waals surface area contributed by atoms with E-state index in [1.54, 1.807) is 0 Å².